The van der Waals surface area contributed by atoms with Crippen LogP contribution in [0.25, 0.3) is 0 Å². The first kappa shape index (κ1) is 29.5. The Morgan fingerprint density at radius 3 is 2.62 bits per heavy atom. The predicted molar refractivity (Wildman–Crippen MR) is 151 cm³/mol. The molecule has 0 saturated carbocycles. The second kappa shape index (κ2) is 13.1. The van der Waals surface area contributed by atoms with E-state index in [2.05, 4.69) is 10.6 Å². The molecular weight excluding hydrogens is 498 g/mol. The molecule has 2 aromatic carbocycles. The van der Waals surface area contributed by atoms with E-state index in [1.807, 2.05) is 63.1 Å². The van der Waals surface area contributed by atoms with Gasteiger partial charge in [0, 0.05) is 44.7 Å². The molecule has 1 aliphatic heterocycles. The summed E-state index contributed by atoms with van der Waals surface area (Å²) in [6.45, 7) is 6.88. The Balaban J connectivity index is 1.82. The number of nitrogens with one attached hydrogen (secondary N) is 3. The molecule has 7 N–H and O–H groups in total. The van der Waals surface area contributed by atoms with Gasteiger partial charge in [0.05, 0.1) is 24.0 Å². The normalized spacial score (nSPS) is 14.8. The van der Waals surface area contributed by atoms with Crippen molar-refractivity contribution in [1.29, 1.82) is 5.41 Å². The standard InChI is InChI=1S/C29H39N5O5/c1-17(2)39-26-12-19(16-35)10-21(22(26)6-8-27(36)37)14-32-24-7-5-18(3)9-23(24)29(38)33-13-20-11-25(28(30)31)34(4)15-20/h5,7,9-12,17,20,32,35H,6,8,13-16H2,1-4H3,(H3,30,31)(H,33,38)(H,36,37). The van der Waals surface area contributed by atoms with Crippen molar-refractivity contribution in [3.05, 3.63) is 69.9 Å². The van der Waals surface area contributed by atoms with Crippen LogP contribution in [0.2, 0.25) is 0 Å². The van der Waals surface area contributed by atoms with Crippen molar-refractivity contribution in [2.45, 2.75) is 52.9 Å². The summed E-state index contributed by atoms with van der Waals surface area (Å²) in [6.07, 6.45) is 1.99. The van der Waals surface area contributed by atoms with E-state index < -0.39 is 5.97 Å². The van der Waals surface area contributed by atoms with E-state index in [9.17, 15) is 19.8 Å². The Kier molecular flexibility index (Phi) is 9.95. The van der Waals surface area contributed by atoms with Gasteiger partial charge in [-0.2, -0.15) is 0 Å². The largest absolute Gasteiger partial charge is 0.491 e. The first-order valence-corrected chi connectivity index (χ1v) is 13.0. The van der Waals surface area contributed by atoms with Gasteiger partial charge in [-0.1, -0.05) is 23.8 Å². The number of aliphatic hydroxyl groups is 1. The van der Waals surface area contributed by atoms with Gasteiger partial charge in [0.15, 0.2) is 0 Å². The molecule has 0 radical (unpaired) electrons. The molecule has 10 heteroatoms. The zero-order chi connectivity index (χ0) is 28.7. The number of likely N-dealkylation sites (N-methyl/N-ethyl adjacent to an activating group) is 1. The Hall–Kier alpha value is -4.05. The fraction of sp³-hybridized carbons (Fsp3) is 0.414. The zero-order valence-corrected chi connectivity index (χ0v) is 23.0. The molecule has 1 amide bonds. The van der Waals surface area contributed by atoms with Crippen molar-refractivity contribution >= 4 is 23.4 Å². The number of nitrogens with zero attached hydrogens (tertiary/aromatic N) is 1. The summed E-state index contributed by atoms with van der Waals surface area (Å²) in [5.41, 5.74) is 10.6. The lowest BCUT2D eigenvalue weighted by Crippen LogP contribution is -2.31. The highest BCUT2D eigenvalue weighted by Gasteiger charge is 2.23. The summed E-state index contributed by atoms with van der Waals surface area (Å²) in [7, 11) is 1.87. The van der Waals surface area contributed by atoms with Crippen LogP contribution in [-0.4, -0.2) is 59.1 Å². The van der Waals surface area contributed by atoms with Gasteiger partial charge in [0.1, 0.15) is 11.6 Å². The Morgan fingerprint density at radius 2 is 2.00 bits per heavy atom. The number of hydrogen-bond donors (Lipinski definition) is 6. The number of carbonyl (C=O) groups is 2. The molecule has 0 spiro atoms. The fourth-order valence-electron chi connectivity index (χ4n) is 4.67. The van der Waals surface area contributed by atoms with Crippen LogP contribution < -0.4 is 21.1 Å². The Bertz CT molecular complexity index is 1260. The highest BCUT2D eigenvalue weighted by atomic mass is 16.5. The first-order valence-electron chi connectivity index (χ1n) is 13.0. The zero-order valence-electron chi connectivity index (χ0n) is 23.0. The van der Waals surface area contributed by atoms with E-state index in [4.69, 9.17) is 15.9 Å². The molecule has 1 atom stereocenters. The quantitative estimate of drug-likeness (QED) is 0.168. The van der Waals surface area contributed by atoms with E-state index in [0.717, 1.165) is 16.7 Å². The molecule has 0 bridgehead atoms. The van der Waals surface area contributed by atoms with E-state index in [0.29, 0.717) is 47.9 Å². The van der Waals surface area contributed by atoms with Gasteiger partial charge in [-0.15, -0.1) is 0 Å². The van der Waals surface area contributed by atoms with Crippen LogP contribution in [0.4, 0.5) is 5.69 Å². The maximum absolute atomic E-state index is 13.2. The molecule has 0 saturated heterocycles. The molecule has 1 heterocycles. The lowest BCUT2D eigenvalue weighted by molar-refractivity contribution is -0.136. The second-order valence-electron chi connectivity index (χ2n) is 10.2. The minimum atomic E-state index is -0.910. The minimum Gasteiger partial charge on any atom is -0.491 e. The van der Waals surface area contributed by atoms with Crippen LogP contribution in [0.3, 0.4) is 0 Å². The second-order valence-corrected chi connectivity index (χ2v) is 10.2. The van der Waals surface area contributed by atoms with E-state index in [-0.39, 0.29) is 43.2 Å². The molecule has 0 aliphatic carbocycles. The van der Waals surface area contributed by atoms with Gasteiger partial charge in [0.25, 0.3) is 5.91 Å². The Labute approximate surface area is 229 Å². The molecule has 0 fully saturated rings. The first-order chi connectivity index (χ1) is 18.5. The average Bonchev–Trinajstić information content (AvgIpc) is 3.25. The number of anilines is 1. The van der Waals surface area contributed by atoms with E-state index in [1.165, 1.54) is 0 Å². The van der Waals surface area contributed by atoms with Crippen LogP contribution in [0.5, 0.6) is 5.75 Å². The summed E-state index contributed by atoms with van der Waals surface area (Å²) in [5, 5.41) is 33.1. The highest BCUT2D eigenvalue weighted by Crippen LogP contribution is 2.29. The molecule has 3 rings (SSSR count). The lowest BCUT2D eigenvalue weighted by Gasteiger charge is -2.20. The third-order valence-electron chi connectivity index (χ3n) is 6.50. The van der Waals surface area contributed by atoms with Gasteiger partial charge in [-0.3, -0.25) is 15.0 Å². The summed E-state index contributed by atoms with van der Waals surface area (Å²) in [4.78, 5) is 26.5. The van der Waals surface area contributed by atoms with Crippen molar-refractivity contribution in [3.8, 4) is 5.75 Å². The smallest absolute Gasteiger partial charge is 0.303 e. The minimum absolute atomic E-state index is 0.00596. The van der Waals surface area contributed by atoms with E-state index in [1.54, 1.807) is 6.07 Å². The van der Waals surface area contributed by atoms with Crippen LogP contribution in [-0.2, 0) is 24.4 Å². The number of benzene rings is 2. The predicted octanol–water partition coefficient (Wildman–Crippen LogP) is 3.02. The van der Waals surface area contributed by atoms with Gasteiger partial charge < -0.3 is 36.2 Å². The number of aryl methyl sites for hydroxylation is 1. The summed E-state index contributed by atoms with van der Waals surface area (Å²) in [5.74, 6) is -0.543. The van der Waals surface area contributed by atoms with Crippen molar-refractivity contribution in [2.75, 3.05) is 25.5 Å². The highest BCUT2D eigenvalue weighted by molar-refractivity contribution is 6.00. The third-order valence-corrected chi connectivity index (χ3v) is 6.50. The topological polar surface area (TPSA) is 161 Å². The molecule has 1 unspecified atom stereocenters. The van der Waals surface area contributed by atoms with Gasteiger partial charge in [-0.25, -0.2) is 0 Å². The fourth-order valence-corrected chi connectivity index (χ4v) is 4.67. The number of ether oxygens (including phenoxy) is 1. The lowest BCUT2D eigenvalue weighted by atomic mass is 9.98. The molecule has 0 aromatic heterocycles. The molecule has 39 heavy (non-hydrogen) atoms. The summed E-state index contributed by atoms with van der Waals surface area (Å²) < 4.78 is 5.98. The van der Waals surface area contributed by atoms with Gasteiger partial charge in [-0.05, 0) is 62.1 Å². The van der Waals surface area contributed by atoms with Crippen molar-refractivity contribution in [2.24, 2.45) is 11.7 Å². The van der Waals surface area contributed by atoms with Crippen molar-refractivity contribution < 1.29 is 24.5 Å². The maximum Gasteiger partial charge on any atom is 0.303 e. The number of amides is 1. The number of aliphatic hydroxyl groups excluding tert-OH is 1. The van der Waals surface area contributed by atoms with Crippen LogP contribution in [0.15, 0.2) is 42.1 Å². The maximum atomic E-state index is 13.2. The van der Waals surface area contributed by atoms with Gasteiger partial charge >= 0.3 is 5.97 Å². The van der Waals surface area contributed by atoms with E-state index >= 15 is 0 Å². The molecule has 210 valence electrons. The monoisotopic (exact) mass is 537 g/mol. The molecule has 2 aromatic rings. The van der Waals surface area contributed by atoms with Gasteiger partial charge in [0.2, 0.25) is 0 Å². The molecule has 10 nitrogen and oxygen atoms in total. The third kappa shape index (κ3) is 7.97. The number of amidine groups is 1. The average molecular weight is 538 g/mol. The number of carboxylic acids is 1. The van der Waals surface area contributed by atoms with Crippen molar-refractivity contribution in [3.63, 3.8) is 0 Å². The SMILES string of the molecule is Cc1ccc(NCc2cc(CO)cc(OC(C)C)c2CCC(=O)O)c(C(=O)NCC2C=C(C(=N)N)N(C)C2)c1. The number of rotatable bonds is 13. The van der Waals surface area contributed by atoms with Crippen LogP contribution in [0.1, 0.15) is 52.9 Å². The van der Waals surface area contributed by atoms with Crippen LogP contribution >= 0.6 is 0 Å². The number of aliphatic carboxylic acids is 1. The summed E-state index contributed by atoms with van der Waals surface area (Å²) in [6, 6.07) is 9.16. The summed E-state index contributed by atoms with van der Waals surface area (Å²) >= 11 is 0. The number of nitrogens with two attached hydrogens (primary N) is 1. The number of carbonyl (C=O) groups excluding carboxylic acids is 1. The number of hydrogen-bond acceptors (Lipinski definition) is 7. The van der Waals surface area contributed by atoms with Crippen LogP contribution in [0, 0.1) is 18.3 Å². The van der Waals surface area contributed by atoms with Crippen molar-refractivity contribution in [1.82, 2.24) is 10.2 Å². The Morgan fingerprint density at radius 1 is 1.26 bits per heavy atom. The number of carboxylic acid groups (broad SMARTS) is 1. The molecular formula is C29H39N5O5. The molecule has 1 aliphatic rings.